The van der Waals surface area contributed by atoms with Crippen molar-refractivity contribution in [2.75, 3.05) is 63.1 Å². The van der Waals surface area contributed by atoms with Crippen LogP contribution in [0.4, 0.5) is 61.4 Å². The van der Waals surface area contributed by atoms with Crippen LogP contribution in [0.25, 0.3) is 66.9 Å². The van der Waals surface area contributed by atoms with Gasteiger partial charge in [0.1, 0.15) is 65.1 Å². The zero-order valence-corrected chi connectivity index (χ0v) is 68.1. The Bertz CT molecular complexity index is 6100. The summed E-state index contributed by atoms with van der Waals surface area (Å²) in [6.07, 6.45) is -0.340. The molecule has 3 aliphatic heterocycles. The second-order valence-corrected chi connectivity index (χ2v) is 30.4. The highest BCUT2D eigenvalue weighted by atomic mass is 35.5. The van der Waals surface area contributed by atoms with Gasteiger partial charge in [-0.1, -0.05) is 104 Å². The molecule has 36 heteroatoms. The third-order valence-electron chi connectivity index (χ3n) is 21.9. The normalized spacial score (nSPS) is 15.6. The monoisotopic (exact) mass is 1740 g/mol. The molecule has 0 saturated carbocycles. The molecule has 125 heavy (non-hydrogen) atoms. The Morgan fingerprint density at radius 2 is 0.808 bits per heavy atom. The van der Waals surface area contributed by atoms with E-state index in [2.05, 4.69) is 49.6 Å². The van der Waals surface area contributed by atoms with Gasteiger partial charge in [-0.3, -0.25) is 28.8 Å². The van der Waals surface area contributed by atoms with Crippen LogP contribution in [0.1, 0.15) is 147 Å². The van der Waals surface area contributed by atoms with Crippen molar-refractivity contribution in [3.8, 4) is 39.5 Å². The highest BCUT2D eigenvalue weighted by Crippen LogP contribution is 2.42. The number of alkyl halides is 9. The summed E-state index contributed by atoms with van der Waals surface area (Å²) in [4.78, 5) is 106. The zero-order chi connectivity index (χ0) is 89.3. The number of carbonyl (C=O) groups excluding carboxylic acids is 6. The first-order valence-electron chi connectivity index (χ1n) is 39.9. The second-order valence-electron chi connectivity index (χ2n) is 30.0. The molecule has 3 saturated heterocycles. The highest BCUT2D eigenvalue weighted by molar-refractivity contribution is 6.34. The Balaban J connectivity index is 0.000000161. The fourth-order valence-electron chi connectivity index (χ4n) is 15.5. The molecule has 12 aromatic rings. The van der Waals surface area contributed by atoms with E-state index in [9.17, 15) is 72.7 Å². The molecule has 0 radical (unpaired) electrons. The number of anilines is 3. The van der Waals surface area contributed by atoms with E-state index in [-0.39, 0.29) is 113 Å². The van der Waals surface area contributed by atoms with Gasteiger partial charge in [0.15, 0.2) is 34.3 Å². The third kappa shape index (κ3) is 20.2. The average molecular weight is 1740 g/mol. The molecule has 3 unspecified atom stereocenters. The predicted octanol–water partition coefficient (Wildman–Crippen LogP) is 17.0. The molecule has 0 aliphatic carbocycles. The Hall–Kier alpha value is -13.6. The van der Waals surface area contributed by atoms with Crippen LogP contribution in [0.3, 0.4) is 0 Å². The van der Waals surface area contributed by atoms with E-state index in [1.54, 1.807) is 43.1 Å². The van der Waals surface area contributed by atoms with Gasteiger partial charge in [0, 0.05) is 91.9 Å². The van der Waals surface area contributed by atoms with Crippen molar-refractivity contribution in [2.24, 2.45) is 0 Å². The fourth-order valence-corrected chi connectivity index (χ4v) is 15.8. The number of ether oxygens (including phenoxy) is 1. The molecule has 25 nitrogen and oxygen atoms in total. The number of nitrogens with two attached hydrogens (primary N) is 3. The molecule has 3 amide bonds. The number of aromatic nitrogens is 12. The number of hydrogen-bond donors (Lipinski definition) is 3. The summed E-state index contributed by atoms with van der Waals surface area (Å²) in [5.41, 5.74) is 23.1. The highest BCUT2D eigenvalue weighted by Gasteiger charge is 2.39. The molecule has 0 bridgehead atoms. The molecule has 15 rings (SSSR count). The van der Waals surface area contributed by atoms with E-state index in [4.69, 9.17) is 48.8 Å². The molecule has 3 fully saturated rings. The van der Waals surface area contributed by atoms with Crippen molar-refractivity contribution in [1.82, 2.24) is 73.9 Å². The molecule has 6 N–H and O–H groups in total. The molecule has 3 aliphatic rings. The van der Waals surface area contributed by atoms with Crippen LogP contribution in [0.2, 0.25) is 5.02 Å². The number of fused-ring (bicyclic) bond motifs is 3. The molecule has 6 aromatic heterocycles. The SMILES string of the molecule is C=CC(=O)N1CCCC(n2nc(-c3ccc(CCC(=O)c4cc(C(F)(F)F)ccc4Cl)cc3)c3c(N)ncnc32)C1.C=CC(=O)N1CCCC(n2nc(-c3ccc(CCC(=O)c4ccc(F)c(C(F)(F)F)c4)cc3)c3c(N)ncnc32)C1.C=CC(=O)N1CCCC(n2nc(-c3ccc(CCC(=O)c4ccc(OCC)c(C(F)(F)F)c4)cc3)c3c(N)ncnc32)C1. The fraction of sp³-hybridized carbons (Fsp3) is 0.292. The number of nitrogen functional groups attached to an aromatic ring is 3. The van der Waals surface area contributed by atoms with E-state index >= 15 is 0 Å². The number of ketones is 3. The number of amides is 3. The predicted molar refractivity (Wildman–Crippen MR) is 449 cm³/mol. The van der Waals surface area contributed by atoms with Crippen LogP contribution in [0.15, 0.2) is 184 Å². The van der Waals surface area contributed by atoms with Crippen LogP contribution in [-0.4, -0.2) is 155 Å². The Morgan fingerprint density at radius 1 is 0.456 bits per heavy atom. The Kier molecular flexibility index (Phi) is 27.1. The van der Waals surface area contributed by atoms with Gasteiger partial charge in [-0.15, -0.1) is 0 Å². The van der Waals surface area contributed by atoms with Crippen LogP contribution < -0.4 is 21.9 Å². The summed E-state index contributed by atoms with van der Waals surface area (Å²) in [6, 6.07) is 30.0. The van der Waals surface area contributed by atoms with Crippen LogP contribution >= 0.6 is 11.6 Å². The Morgan fingerprint density at radius 3 is 1.15 bits per heavy atom. The summed E-state index contributed by atoms with van der Waals surface area (Å²) in [7, 11) is 0. The molecule has 3 atom stereocenters. The van der Waals surface area contributed by atoms with Gasteiger partial charge in [-0.25, -0.2) is 48.3 Å². The van der Waals surface area contributed by atoms with Crippen molar-refractivity contribution < 1.29 is 77.4 Å². The molecule has 6 aromatic carbocycles. The number of piperidine rings is 3. The number of aryl methyl sites for hydroxylation is 3. The van der Waals surface area contributed by atoms with Gasteiger partial charge < -0.3 is 36.6 Å². The van der Waals surface area contributed by atoms with Crippen molar-refractivity contribution >= 4 is 97.2 Å². The van der Waals surface area contributed by atoms with E-state index in [1.165, 1.54) is 49.3 Å². The van der Waals surface area contributed by atoms with Gasteiger partial charge in [0.05, 0.1) is 62.6 Å². The third-order valence-corrected chi connectivity index (χ3v) is 22.3. The van der Waals surface area contributed by atoms with E-state index in [0.717, 1.165) is 102 Å². The quantitative estimate of drug-likeness (QED) is 0.0304. The number of likely N-dealkylation sites (tertiary alicyclic amines) is 3. The van der Waals surface area contributed by atoms with Crippen molar-refractivity contribution in [3.63, 3.8) is 0 Å². The lowest BCUT2D eigenvalue weighted by Gasteiger charge is -2.32. The van der Waals surface area contributed by atoms with E-state index in [0.29, 0.717) is 114 Å². The summed E-state index contributed by atoms with van der Waals surface area (Å²) in [5.74, 6) is -2.70. The smallest absolute Gasteiger partial charge is 0.419 e. The number of carbonyl (C=O) groups is 6. The summed E-state index contributed by atoms with van der Waals surface area (Å²) in [5, 5.41) is 16.3. The Labute approximate surface area is 713 Å². The first-order chi connectivity index (χ1) is 59.7. The van der Waals surface area contributed by atoms with Gasteiger partial charge in [0.25, 0.3) is 0 Å². The lowest BCUT2D eigenvalue weighted by atomic mass is 9.99. The number of nitrogens with zero attached hydrogens (tertiary/aromatic N) is 15. The minimum Gasteiger partial charge on any atom is -0.493 e. The summed E-state index contributed by atoms with van der Waals surface area (Å²) >= 11 is 6.02. The van der Waals surface area contributed by atoms with Crippen molar-refractivity contribution in [2.45, 2.75) is 121 Å². The second kappa shape index (κ2) is 38.0. The zero-order valence-electron chi connectivity index (χ0n) is 67.3. The first kappa shape index (κ1) is 89.2. The minimum atomic E-state index is -4.89. The van der Waals surface area contributed by atoms with Crippen LogP contribution in [0, 0.1) is 5.82 Å². The molecular formula is C89H83ClF10N18O7. The lowest BCUT2D eigenvalue weighted by molar-refractivity contribution is -0.140. The lowest BCUT2D eigenvalue weighted by Crippen LogP contribution is -2.40. The average Bonchev–Trinajstić information content (AvgIpc) is 1.62. The number of benzene rings is 6. The first-order valence-corrected chi connectivity index (χ1v) is 40.3. The van der Waals surface area contributed by atoms with Crippen LogP contribution in [0.5, 0.6) is 5.75 Å². The van der Waals surface area contributed by atoms with Crippen LogP contribution in [-0.2, 0) is 52.2 Å². The maximum absolute atomic E-state index is 13.6. The molecule has 9 heterocycles. The largest absolute Gasteiger partial charge is 0.493 e. The van der Waals surface area contributed by atoms with Gasteiger partial charge in [-0.2, -0.15) is 54.8 Å². The van der Waals surface area contributed by atoms with Gasteiger partial charge in [-0.05, 0) is 154 Å². The number of rotatable bonds is 23. The number of Topliss-reactive ketones (excluding diaryl/α,β-unsaturated/α-hetero) is 3. The van der Waals surface area contributed by atoms with Crippen molar-refractivity contribution in [1.29, 1.82) is 0 Å². The topological polar surface area (TPSA) is 330 Å². The number of hydrogen-bond acceptors (Lipinski definition) is 19. The molecule has 0 spiro atoms. The van der Waals surface area contributed by atoms with Crippen molar-refractivity contribution in [3.05, 3.63) is 245 Å². The minimum absolute atomic E-state index is 0.0136. The maximum atomic E-state index is 13.6. The number of halogens is 11. The standard InChI is InChI=1S/C31H31F3N6O3.C29H26ClF3N6O2.C29H26F4N6O2/c1-3-26(42)39-15-5-6-22(17-39)40-30-27(29(35)36-18-37-30)28(38-40)20-10-7-19(8-11-20)9-13-24(41)21-12-14-25(43-4-2)23(16-21)31(32,33)34;1-2-24(41)38-13-3-4-20(15-38)39-28-25(27(34)35-16-36-28)26(37-39)18-8-5-17(6-9-18)7-12-23(40)21-14-19(29(31,32)33)10-11-22(21)30;1-2-24(41)38-13-3-4-20(15-38)39-28-25(27(34)35-16-36-28)26(37-39)18-8-5-17(6-9-18)7-12-23(40)19-10-11-22(30)21(14-19)29(31,32)33/h3,7-8,10-12,14,16,18,22H,1,4-6,9,13,15,17H2,2H3,(H2,35,36,37);2*2,5-6,8-11,14,16,20H,1,3-4,7,12-13,15H2,(H2,34,35,36). The summed E-state index contributed by atoms with van der Waals surface area (Å²) < 4.78 is 143. The van der Waals surface area contributed by atoms with Gasteiger partial charge >= 0.3 is 18.5 Å². The van der Waals surface area contributed by atoms with Gasteiger partial charge in [0.2, 0.25) is 17.7 Å². The summed E-state index contributed by atoms with van der Waals surface area (Å²) in [6.45, 7) is 15.8. The van der Waals surface area contributed by atoms with E-state index in [1.807, 2.05) is 65.3 Å². The molecule has 648 valence electrons. The van der Waals surface area contributed by atoms with E-state index < -0.39 is 58.4 Å². The molecular weight excluding hydrogens is 1660 g/mol. The maximum Gasteiger partial charge on any atom is 0.419 e.